The van der Waals surface area contributed by atoms with Gasteiger partial charge in [0, 0.05) is 27.8 Å². The predicted octanol–water partition coefficient (Wildman–Crippen LogP) is 15.8. The smallest absolute Gasteiger partial charge is 0.0746 e. The number of nitrogens with zero attached hydrogens (tertiary/aromatic N) is 1. The van der Waals surface area contributed by atoms with Crippen molar-refractivity contribution in [2.75, 3.05) is 4.90 Å². The van der Waals surface area contributed by atoms with Gasteiger partial charge in [0.25, 0.3) is 0 Å². The van der Waals surface area contributed by atoms with Gasteiger partial charge in [0.2, 0.25) is 0 Å². The Morgan fingerprint density at radius 1 is 0.290 bits per heavy atom. The first-order valence-corrected chi connectivity index (χ1v) is 22.1. The van der Waals surface area contributed by atoms with Gasteiger partial charge < -0.3 is 4.90 Å². The first-order chi connectivity index (χ1) is 30.3. The van der Waals surface area contributed by atoms with Crippen LogP contribution in [0.1, 0.15) is 72.2 Å². The lowest BCUT2D eigenvalue weighted by molar-refractivity contribution is 0.660. The van der Waals surface area contributed by atoms with E-state index in [4.69, 9.17) is 0 Å². The number of rotatable bonds is 4. The summed E-state index contributed by atoms with van der Waals surface area (Å²) in [6.45, 7) is 9.60. The van der Waals surface area contributed by atoms with Crippen molar-refractivity contribution in [1.29, 1.82) is 0 Å². The molecule has 0 unspecified atom stereocenters. The summed E-state index contributed by atoms with van der Waals surface area (Å²) in [5.41, 5.74) is 26.6. The van der Waals surface area contributed by atoms with Crippen LogP contribution >= 0.6 is 0 Å². The monoisotopic (exact) mass is 791 g/mol. The second kappa shape index (κ2) is 12.4. The van der Waals surface area contributed by atoms with Crippen LogP contribution in [0.25, 0.3) is 55.6 Å². The van der Waals surface area contributed by atoms with Crippen LogP contribution in [0.15, 0.2) is 200 Å². The highest BCUT2D eigenvalue weighted by Crippen LogP contribution is 2.66. The highest BCUT2D eigenvalue weighted by molar-refractivity contribution is 6.00. The van der Waals surface area contributed by atoms with Gasteiger partial charge in [0.1, 0.15) is 0 Å². The van der Waals surface area contributed by atoms with Crippen molar-refractivity contribution in [2.24, 2.45) is 0 Å². The molecule has 294 valence electrons. The maximum Gasteiger partial charge on any atom is 0.0746 e. The molecule has 1 nitrogen and oxygen atoms in total. The van der Waals surface area contributed by atoms with Crippen molar-refractivity contribution < 1.29 is 0 Å². The van der Waals surface area contributed by atoms with Gasteiger partial charge in [-0.3, -0.25) is 0 Å². The van der Waals surface area contributed by atoms with Crippen molar-refractivity contribution in [3.05, 3.63) is 245 Å². The molecule has 4 aliphatic rings. The average molecular weight is 792 g/mol. The number of anilines is 3. The second-order valence-electron chi connectivity index (χ2n) is 18.8. The third-order valence-electron chi connectivity index (χ3n) is 15.1. The van der Waals surface area contributed by atoms with Crippen molar-refractivity contribution in [1.82, 2.24) is 0 Å². The molecule has 0 amide bonds. The molecule has 0 radical (unpaired) electrons. The Bertz CT molecular complexity index is 3300. The lowest BCUT2D eigenvalue weighted by Gasteiger charge is -2.36. The van der Waals surface area contributed by atoms with Crippen LogP contribution in [0.3, 0.4) is 0 Å². The first-order valence-electron chi connectivity index (χ1n) is 22.1. The maximum atomic E-state index is 2.60. The molecule has 0 saturated heterocycles. The fraction of sp³-hybridized carbons (Fsp3) is 0.115. The number of fused-ring (bicyclic) bond motifs is 16. The van der Waals surface area contributed by atoms with Gasteiger partial charge in [-0.15, -0.1) is 0 Å². The minimum Gasteiger partial charge on any atom is -0.310 e. The summed E-state index contributed by atoms with van der Waals surface area (Å²) >= 11 is 0. The molecule has 0 aliphatic heterocycles. The van der Waals surface area contributed by atoms with E-state index < -0.39 is 5.41 Å². The van der Waals surface area contributed by atoms with E-state index in [1.165, 1.54) is 117 Å². The zero-order chi connectivity index (χ0) is 41.5. The molecule has 1 spiro atoms. The van der Waals surface area contributed by atoms with Gasteiger partial charge >= 0.3 is 0 Å². The zero-order valence-electron chi connectivity index (χ0n) is 35.5. The molecule has 0 bridgehead atoms. The van der Waals surface area contributed by atoms with Crippen LogP contribution < -0.4 is 4.90 Å². The Balaban J connectivity index is 1.08. The summed E-state index contributed by atoms with van der Waals surface area (Å²) in [4.78, 5) is 2.60. The fourth-order valence-corrected chi connectivity index (χ4v) is 12.3. The predicted molar refractivity (Wildman–Crippen MR) is 258 cm³/mol. The fourth-order valence-electron chi connectivity index (χ4n) is 12.3. The molecular formula is C61H45N. The third kappa shape index (κ3) is 4.48. The second-order valence-corrected chi connectivity index (χ2v) is 18.8. The van der Waals surface area contributed by atoms with E-state index in [0.717, 1.165) is 0 Å². The van der Waals surface area contributed by atoms with Crippen LogP contribution in [0.2, 0.25) is 0 Å². The summed E-state index contributed by atoms with van der Waals surface area (Å²) in [6.07, 6.45) is 0. The minimum atomic E-state index is -0.500. The molecule has 0 fully saturated rings. The van der Waals surface area contributed by atoms with Gasteiger partial charge in [0.05, 0.1) is 11.1 Å². The summed E-state index contributed by atoms with van der Waals surface area (Å²) in [5, 5.41) is 0. The Kier molecular flexibility index (Phi) is 7.12. The Morgan fingerprint density at radius 2 is 0.694 bits per heavy atom. The standard InChI is InChI=1S/C61H45N/c1-59(2)50-24-12-8-19-42(50)47-33-30-40(36-55(47)59)62(41-31-34-48-46-32-29-39(38-17-6-5-7-18-38)35-54(46)60(3,4)56(48)37-41)57-28-16-23-49-45-22-11-15-27-53(45)61(58(49)57)51-25-13-9-20-43(51)44-21-10-14-26-52(44)61/h5-37H,1-4H3. The van der Waals surface area contributed by atoms with Gasteiger partial charge in [-0.05, 0) is 131 Å². The van der Waals surface area contributed by atoms with E-state index in [9.17, 15) is 0 Å². The zero-order valence-corrected chi connectivity index (χ0v) is 35.5. The normalized spacial score (nSPS) is 15.5. The highest BCUT2D eigenvalue weighted by atomic mass is 15.1. The number of benzene rings is 9. The van der Waals surface area contributed by atoms with Gasteiger partial charge in [-0.2, -0.15) is 0 Å². The van der Waals surface area contributed by atoms with Crippen LogP contribution in [0.5, 0.6) is 0 Å². The third-order valence-corrected chi connectivity index (χ3v) is 15.1. The van der Waals surface area contributed by atoms with E-state index in [1.807, 2.05) is 0 Å². The lowest BCUT2D eigenvalue weighted by atomic mass is 9.70. The number of hydrogen-bond acceptors (Lipinski definition) is 1. The minimum absolute atomic E-state index is 0.148. The van der Waals surface area contributed by atoms with Crippen LogP contribution in [-0.2, 0) is 16.2 Å². The Morgan fingerprint density at radius 3 is 1.26 bits per heavy atom. The van der Waals surface area contributed by atoms with Crippen LogP contribution in [-0.4, -0.2) is 0 Å². The van der Waals surface area contributed by atoms with Crippen molar-refractivity contribution >= 4 is 17.1 Å². The largest absolute Gasteiger partial charge is 0.310 e. The number of hydrogen-bond donors (Lipinski definition) is 0. The van der Waals surface area contributed by atoms with Crippen LogP contribution in [0, 0.1) is 0 Å². The average Bonchev–Trinajstić information content (AvgIpc) is 3.95. The van der Waals surface area contributed by atoms with E-state index in [2.05, 4.69) is 233 Å². The molecule has 13 rings (SSSR count). The summed E-state index contributed by atoms with van der Waals surface area (Å²) in [5.74, 6) is 0. The van der Waals surface area contributed by atoms with Crippen LogP contribution in [0.4, 0.5) is 17.1 Å². The summed E-state index contributed by atoms with van der Waals surface area (Å²) < 4.78 is 0. The molecule has 1 heteroatoms. The summed E-state index contributed by atoms with van der Waals surface area (Å²) in [7, 11) is 0. The molecule has 4 aliphatic carbocycles. The molecule has 9 aromatic rings. The molecule has 0 N–H and O–H groups in total. The highest BCUT2D eigenvalue weighted by Gasteiger charge is 2.53. The molecule has 0 heterocycles. The van der Waals surface area contributed by atoms with Crippen molar-refractivity contribution in [3.63, 3.8) is 0 Å². The molecular weight excluding hydrogens is 747 g/mol. The van der Waals surface area contributed by atoms with Gasteiger partial charge in [-0.25, -0.2) is 0 Å². The molecule has 0 atom stereocenters. The van der Waals surface area contributed by atoms with Crippen molar-refractivity contribution in [2.45, 2.75) is 43.9 Å². The van der Waals surface area contributed by atoms with E-state index >= 15 is 0 Å². The quantitative estimate of drug-likeness (QED) is 0.172. The SMILES string of the molecule is CC1(C)c2ccccc2-c2ccc(N(c3ccc4c(c3)C(C)(C)c3cc(-c5ccccc5)ccc3-4)c3cccc4c3C3(c5ccccc5-c5ccccc53)c3ccccc3-4)cc21. The first kappa shape index (κ1) is 35.5. The lowest BCUT2D eigenvalue weighted by Crippen LogP contribution is -2.28. The Hall–Kier alpha value is -7.22. The molecule has 0 saturated carbocycles. The van der Waals surface area contributed by atoms with Gasteiger partial charge in [0.15, 0.2) is 0 Å². The van der Waals surface area contributed by atoms with E-state index in [1.54, 1.807) is 0 Å². The maximum absolute atomic E-state index is 2.60. The van der Waals surface area contributed by atoms with Crippen molar-refractivity contribution in [3.8, 4) is 55.6 Å². The summed E-state index contributed by atoms with van der Waals surface area (Å²) in [6, 6.07) is 75.9. The molecule has 9 aromatic carbocycles. The van der Waals surface area contributed by atoms with E-state index in [0.29, 0.717) is 0 Å². The Labute approximate surface area is 364 Å². The van der Waals surface area contributed by atoms with Gasteiger partial charge in [-0.1, -0.05) is 191 Å². The van der Waals surface area contributed by atoms with E-state index in [-0.39, 0.29) is 10.8 Å². The molecule has 0 aromatic heterocycles. The molecule has 62 heavy (non-hydrogen) atoms. The topological polar surface area (TPSA) is 3.24 Å².